The van der Waals surface area contributed by atoms with Gasteiger partial charge < -0.3 is 10.3 Å². The maximum Gasteiger partial charge on any atom is 0.201 e. The number of fused-ring (bicyclic) bond motifs is 1. The molecule has 0 aliphatic heterocycles. The highest BCUT2D eigenvalue weighted by Gasteiger charge is 2.24. The molecule has 0 saturated heterocycles. The van der Waals surface area contributed by atoms with Gasteiger partial charge in [-0.1, -0.05) is 11.6 Å². The van der Waals surface area contributed by atoms with Crippen LogP contribution in [0.15, 0.2) is 12.1 Å². The fraction of sp³-hybridized carbons (Fsp3) is 0.364. The van der Waals surface area contributed by atoms with E-state index in [0.29, 0.717) is 17.4 Å². The summed E-state index contributed by atoms with van der Waals surface area (Å²) in [6.45, 7) is 0.851. The minimum absolute atomic E-state index is 0.115. The number of hydrogen-bond acceptors (Lipinski definition) is 2. The van der Waals surface area contributed by atoms with Crippen molar-refractivity contribution in [2.75, 3.05) is 5.73 Å². The fourth-order valence-corrected chi connectivity index (χ4v) is 2.05. The van der Waals surface area contributed by atoms with Gasteiger partial charge in [-0.2, -0.15) is 0 Å². The maximum atomic E-state index is 13.2. The number of hydrogen-bond donors (Lipinski definition) is 1. The molecule has 1 aliphatic rings. The van der Waals surface area contributed by atoms with Gasteiger partial charge in [0.15, 0.2) is 0 Å². The van der Waals surface area contributed by atoms with Crippen LogP contribution in [0.4, 0.5) is 10.3 Å². The molecule has 0 spiro atoms. The quantitative estimate of drug-likeness (QED) is 0.876. The van der Waals surface area contributed by atoms with Crippen LogP contribution in [-0.4, -0.2) is 9.55 Å². The first-order valence-corrected chi connectivity index (χ1v) is 5.63. The standard InChI is InChI=1S/C11H11ClFN3/c12-7-3-10-9(4-8(7)13)15-11(14)16(10)5-6-1-2-6/h3-4,6H,1-2,5H2,(H2,14,15). The van der Waals surface area contributed by atoms with Gasteiger partial charge in [0.05, 0.1) is 16.1 Å². The topological polar surface area (TPSA) is 43.8 Å². The molecule has 2 aromatic rings. The van der Waals surface area contributed by atoms with Crippen molar-refractivity contribution in [1.29, 1.82) is 0 Å². The van der Waals surface area contributed by atoms with Crippen LogP contribution in [-0.2, 0) is 6.54 Å². The molecule has 84 valence electrons. The van der Waals surface area contributed by atoms with Crippen LogP contribution < -0.4 is 5.73 Å². The Morgan fingerprint density at radius 1 is 1.50 bits per heavy atom. The zero-order chi connectivity index (χ0) is 11.3. The lowest BCUT2D eigenvalue weighted by atomic mass is 10.3. The zero-order valence-electron chi connectivity index (χ0n) is 8.58. The van der Waals surface area contributed by atoms with Crippen LogP contribution in [0.25, 0.3) is 11.0 Å². The fourth-order valence-electron chi connectivity index (χ4n) is 1.89. The van der Waals surface area contributed by atoms with E-state index in [2.05, 4.69) is 4.98 Å². The summed E-state index contributed by atoms with van der Waals surface area (Å²) in [5.41, 5.74) is 7.20. The third kappa shape index (κ3) is 1.53. The van der Waals surface area contributed by atoms with Gasteiger partial charge in [-0.3, -0.25) is 0 Å². The number of rotatable bonds is 2. The molecule has 1 heterocycles. The number of nitrogen functional groups attached to an aromatic ring is 1. The van der Waals surface area contributed by atoms with E-state index in [1.165, 1.54) is 18.9 Å². The van der Waals surface area contributed by atoms with Crippen molar-refractivity contribution in [1.82, 2.24) is 9.55 Å². The first-order chi connectivity index (χ1) is 7.65. The van der Waals surface area contributed by atoms with Gasteiger partial charge in [-0.15, -0.1) is 0 Å². The molecule has 2 N–H and O–H groups in total. The summed E-state index contributed by atoms with van der Waals surface area (Å²) in [6, 6.07) is 2.93. The smallest absolute Gasteiger partial charge is 0.201 e. The Balaban J connectivity index is 2.17. The molecule has 0 radical (unpaired) electrons. The Kier molecular flexibility index (Phi) is 2.07. The second-order valence-corrected chi connectivity index (χ2v) is 4.69. The maximum absolute atomic E-state index is 13.2. The average molecular weight is 240 g/mol. The van der Waals surface area contributed by atoms with E-state index >= 15 is 0 Å². The van der Waals surface area contributed by atoms with Crippen molar-refractivity contribution in [2.24, 2.45) is 5.92 Å². The molecule has 16 heavy (non-hydrogen) atoms. The first kappa shape index (κ1) is 9.90. The predicted octanol–water partition coefficient (Wildman–Crippen LogP) is 2.82. The average Bonchev–Trinajstić information content (AvgIpc) is 2.99. The van der Waals surface area contributed by atoms with E-state index < -0.39 is 5.82 Å². The van der Waals surface area contributed by atoms with Crippen LogP contribution in [0.3, 0.4) is 0 Å². The number of nitrogens with zero attached hydrogens (tertiary/aromatic N) is 2. The number of anilines is 1. The molecule has 3 rings (SSSR count). The molecule has 0 unspecified atom stereocenters. The van der Waals surface area contributed by atoms with Gasteiger partial charge in [0.2, 0.25) is 5.95 Å². The first-order valence-electron chi connectivity index (χ1n) is 5.26. The molecule has 0 bridgehead atoms. The van der Waals surface area contributed by atoms with Crippen molar-refractivity contribution >= 4 is 28.6 Å². The van der Waals surface area contributed by atoms with Crippen LogP contribution in [0.5, 0.6) is 0 Å². The number of nitrogens with two attached hydrogens (primary N) is 1. The monoisotopic (exact) mass is 239 g/mol. The van der Waals surface area contributed by atoms with Gasteiger partial charge in [-0.05, 0) is 24.8 Å². The number of halogens is 2. The highest BCUT2D eigenvalue weighted by atomic mass is 35.5. The van der Waals surface area contributed by atoms with Crippen molar-refractivity contribution in [3.8, 4) is 0 Å². The molecule has 0 amide bonds. The third-order valence-corrected chi connectivity index (χ3v) is 3.25. The Hall–Kier alpha value is -1.29. The van der Waals surface area contributed by atoms with Crippen molar-refractivity contribution < 1.29 is 4.39 Å². The predicted molar refractivity (Wildman–Crippen MR) is 61.8 cm³/mol. The molecule has 1 fully saturated rings. The van der Waals surface area contributed by atoms with Gasteiger partial charge >= 0.3 is 0 Å². The molecule has 3 nitrogen and oxygen atoms in total. The summed E-state index contributed by atoms with van der Waals surface area (Å²) in [7, 11) is 0. The second-order valence-electron chi connectivity index (χ2n) is 4.28. The van der Waals surface area contributed by atoms with E-state index in [-0.39, 0.29) is 5.02 Å². The minimum Gasteiger partial charge on any atom is -0.369 e. The van der Waals surface area contributed by atoms with E-state index in [1.807, 2.05) is 4.57 Å². The molecule has 5 heteroatoms. The molecule has 1 aliphatic carbocycles. The third-order valence-electron chi connectivity index (χ3n) is 2.96. The van der Waals surface area contributed by atoms with E-state index in [4.69, 9.17) is 17.3 Å². The summed E-state index contributed by atoms with van der Waals surface area (Å²) in [4.78, 5) is 4.14. The Labute approximate surface area is 97.0 Å². The largest absolute Gasteiger partial charge is 0.369 e. The van der Waals surface area contributed by atoms with Crippen molar-refractivity contribution in [3.05, 3.63) is 23.0 Å². The lowest BCUT2D eigenvalue weighted by molar-refractivity contribution is 0.628. The number of imidazole rings is 1. The Morgan fingerprint density at radius 3 is 2.94 bits per heavy atom. The number of benzene rings is 1. The van der Waals surface area contributed by atoms with Gasteiger partial charge in [-0.25, -0.2) is 9.37 Å². The van der Waals surface area contributed by atoms with Crippen molar-refractivity contribution in [3.63, 3.8) is 0 Å². The van der Waals surface area contributed by atoms with Crippen LogP contribution in [0.1, 0.15) is 12.8 Å². The zero-order valence-corrected chi connectivity index (χ0v) is 9.34. The van der Waals surface area contributed by atoms with E-state index in [0.717, 1.165) is 12.1 Å². The van der Waals surface area contributed by atoms with Crippen molar-refractivity contribution in [2.45, 2.75) is 19.4 Å². The number of aromatic nitrogens is 2. The Bertz CT molecular complexity index is 560. The summed E-state index contributed by atoms with van der Waals surface area (Å²) < 4.78 is 15.2. The van der Waals surface area contributed by atoms with E-state index in [1.54, 1.807) is 6.07 Å². The van der Waals surface area contributed by atoms with E-state index in [9.17, 15) is 4.39 Å². The SMILES string of the molecule is Nc1nc2cc(F)c(Cl)cc2n1CC1CC1. The van der Waals surface area contributed by atoms with Crippen LogP contribution in [0.2, 0.25) is 5.02 Å². The van der Waals surface area contributed by atoms with Gasteiger partial charge in [0.1, 0.15) is 5.82 Å². The van der Waals surface area contributed by atoms with Gasteiger partial charge in [0, 0.05) is 12.6 Å². The molecule has 1 saturated carbocycles. The molecule has 1 aromatic carbocycles. The summed E-state index contributed by atoms with van der Waals surface area (Å²) >= 11 is 5.76. The lowest BCUT2D eigenvalue weighted by Gasteiger charge is -2.04. The highest BCUT2D eigenvalue weighted by molar-refractivity contribution is 6.31. The van der Waals surface area contributed by atoms with Crippen LogP contribution in [0, 0.1) is 11.7 Å². The molecule has 1 aromatic heterocycles. The molecule has 0 atom stereocenters. The highest BCUT2D eigenvalue weighted by Crippen LogP contribution is 2.33. The summed E-state index contributed by atoms with van der Waals surface area (Å²) in [5, 5.41) is 0.115. The second kappa shape index (κ2) is 3.35. The minimum atomic E-state index is -0.453. The molecular weight excluding hydrogens is 229 g/mol. The normalized spacial score (nSPS) is 15.9. The van der Waals surface area contributed by atoms with Gasteiger partial charge in [0.25, 0.3) is 0 Å². The van der Waals surface area contributed by atoms with Crippen LogP contribution >= 0.6 is 11.6 Å². The Morgan fingerprint density at radius 2 is 2.25 bits per heavy atom. The lowest BCUT2D eigenvalue weighted by Crippen LogP contribution is -2.04. The summed E-state index contributed by atoms with van der Waals surface area (Å²) in [6.07, 6.45) is 2.46. The summed E-state index contributed by atoms with van der Waals surface area (Å²) in [5.74, 6) is 0.664. The molecular formula is C11H11ClFN3.